The summed E-state index contributed by atoms with van der Waals surface area (Å²) in [6.07, 6.45) is 2.37. The van der Waals surface area contributed by atoms with Crippen LogP contribution in [0.5, 0.6) is 0 Å². The Bertz CT molecular complexity index is 502. The normalized spacial score (nSPS) is 14.5. The molecule has 0 radical (unpaired) electrons. The summed E-state index contributed by atoms with van der Waals surface area (Å²) in [5.41, 5.74) is 1.21. The van der Waals surface area contributed by atoms with E-state index in [0.29, 0.717) is 12.1 Å². The Hall–Kier alpha value is -0.710. The van der Waals surface area contributed by atoms with Crippen molar-refractivity contribution in [3.05, 3.63) is 38.0 Å². The highest BCUT2D eigenvalue weighted by molar-refractivity contribution is 7.11. The summed E-state index contributed by atoms with van der Waals surface area (Å²) in [7, 11) is 0. The predicted octanol–water partition coefficient (Wildman–Crippen LogP) is 5.01. The van der Waals surface area contributed by atoms with Gasteiger partial charge in [0.25, 0.3) is 0 Å². The number of aryl methyl sites for hydroxylation is 2. The summed E-state index contributed by atoms with van der Waals surface area (Å²) in [4.78, 5) is 7.43. The first-order chi connectivity index (χ1) is 9.11. The van der Waals surface area contributed by atoms with Crippen LogP contribution in [0.15, 0.2) is 17.5 Å². The lowest BCUT2D eigenvalue weighted by atomic mass is 10.1. The average Bonchev–Trinajstić information content (AvgIpc) is 2.98. The predicted molar refractivity (Wildman–Crippen MR) is 85.1 cm³/mol. The van der Waals surface area contributed by atoms with Crippen molar-refractivity contribution in [1.29, 1.82) is 0 Å². The van der Waals surface area contributed by atoms with Crippen LogP contribution in [0.2, 0.25) is 0 Å². The fraction of sp³-hybridized carbons (Fsp3) is 0.533. The van der Waals surface area contributed by atoms with Crippen LogP contribution in [-0.4, -0.2) is 4.98 Å². The van der Waals surface area contributed by atoms with Crippen LogP contribution in [-0.2, 0) is 0 Å². The van der Waals surface area contributed by atoms with E-state index in [2.05, 4.69) is 55.5 Å². The molecule has 1 N–H and O–H groups in total. The van der Waals surface area contributed by atoms with Crippen molar-refractivity contribution >= 4 is 22.7 Å². The summed E-state index contributed by atoms with van der Waals surface area (Å²) in [5.74, 6) is 0. The minimum Gasteiger partial charge on any atom is -0.301 e. The molecule has 2 atom stereocenters. The maximum absolute atomic E-state index is 4.66. The third-order valence-corrected chi connectivity index (χ3v) is 5.15. The van der Waals surface area contributed by atoms with Crippen LogP contribution in [0.1, 0.15) is 59.2 Å². The quantitative estimate of drug-likeness (QED) is 0.809. The molecule has 0 aliphatic heterocycles. The molecule has 0 aliphatic rings. The number of hydrogen-bond acceptors (Lipinski definition) is 4. The maximum atomic E-state index is 4.66. The summed E-state index contributed by atoms with van der Waals surface area (Å²) in [6, 6.07) is 5.11. The Morgan fingerprint density at radius 3 is 2.68 bits per heavy atom. The Kier molecular flexibility index (Phi) is 5.13. The van der Waals surface area contributed by atoms with E-state index >= 15 is 0 Å². The fourth-order valence-electron chi connectivity index (χ4n) is 2.41. The maximum Gasteiger partial charge on any atom is 0.0900 e. The second-order valence-corrected chi connectivity index (χ2v) is 7.31. The molecule has 0 spiro atoms. The molecule has 2 heterocycles. The van der Waals surface area contributed by atoms with Crippen LogP contribution in [0.4, 0.5) is 0 Å². The third kappa shape index (κ3) is 3.65. The first-order valence-electron chi connectivity index (χ1n) is 6.85. The number of nitrogens with one attached hydrogen (secondary N) is 1. The molecule has 0 bridgehead atoms. The molecule has 0 saturated heterocycles. The zero-order chi connectivity index (χ0) is 13.8. The SMILES string of the molecule is CCCC(NC(C)c1nc(C)sc1C)c1cccs1. The van der Waals surface area contributed by atoms with Crippen molar-refractivity contribution in [2.45, 2.75) is 52.6 Å². The molecule has 0 aromatic carbocycles. The van der Waals surface area contributed by atoms with Crippen molar-refractivity contribution in [2.75, 3.05) is 0 Å². The standard InChI is InChI=1S/C15H22N2S2/c1-5-7-13(14-8-6-9-18-14)16-10(2)15-11(3)19-12(4)17-15/h6,8-10,13,16H,5,7H2,1-4H3. The smallest absolute Gasteiger partial charge is 0.0900 e. The summed E-state index contributed by atoms with van der Waals surface area (Å²) >= 11 is 3.62. The van der Waals surface area contributed by atoms with Crippen molar-refractivity contribution in [2.24, 2.45) is 0 Å². The lowest BCUT2D eigenvalue weighted by molar-refractivity contribution is 0.439. The number of hydrogen-bond donors (Lipinski definition) is 1. The Balaban J connectivity index is 2.11. The molecular weight excluding hydrogens is 272 g/mol. The molecular formula is C15H22N2S2. The van der Waals surface area contributed by atoms with Gasteiger partial charge in [0, 0.05) is 21.8 Å². The summed E-state index contributed by atoms with van der Waals surface area (Å²) in [6.45, 7) is 8.71. The number of thiazole rings is 1. The van der Waals surface area contributed by atoms with Crippen LogP contribution in [0, 0.1) is 13.8 Å². The molecule has 4 heteroatoms. The molecule has 19 heavy (non-hydrogen) atoms. The number of rotatable bonds is 6. The van der Waals surface area contributed by atoms with Gasteiger partial charge in [-0.25, -0.2) is 4.98 Å². The summed E-state index contributed by atoms with van der Waals surface area (Å²) in [5, 5.41) is 7.06. The van der Waals surface area contributed by atoms with E-state index in [-0.39, 0.29) is 0 Å². The van der Waals surface area contributed by atoms with E-state index in [1.807, 2.05) is 11.3 Å². The van der Waals surface area contributed by atoms with Crippen LogP contribution in [0.3, 0.4) is 0 Å². The zero-order valence-electron chi connectivity index (χ0n) is 12.1. The van der Waals surface area contributed by atoms with Gasteiger partial charge >= 0.3 is 0 Å². The first-order valence-corrected chi connectivity index (χ1v) is 8.54. The largest absolute Gasteiger partial charge is 0.301 e. The van der Waals surface area contributed by atoms with Crippen LogP contribution < -0.4 is 5.32 Å². The van der Waals surface area contributed by atoms with Gasteiger partial charge in [-0.1, -0.05) is 19.4 Å². The Labute approximate surface area is 123 Å². The minimum absolute atomic E-state index is 0.309. The molecule has 104 valence electrons. The number of nitrogens with zero attached hydrogens (tertiary/aromatic N) is 1. The minimum atomic E-state index is 0.309. The van der Waals surface area contributed by atoms with E-state index in [4.69, 9.17) is 0 Å². The molecule has 0 aliphatic carbocycles. The molecule has 2 nitrogen and oxygen atoms in total. The highest BCUT2D eigenvalue weighted by atomic mass is 32.1. The van der Waals surface area contributed by atoms with Gasteiger partial charge in [0.1, 0.15) is 0 Å². The van der Waals surface area contributed by atoms with Gasteiger partial charge in [-0.2, -0.15) is 0 Å². The monoisotopic (exact) mass is 294 g/mol. The summed E-state index contributed by atoms with van der Waals surface area (Å²) < 4.78 is 0. The molecule has 2 aromatic heterocycles. The van der Waals surface area contributed by atoms with Gasteiger partial charge in [-0.05, 0) is 38.6 Å². The highest BCUT2D eigenvalue weighted by Crippen LogP contribution is 2.28. The second-order valence-electron chi connectivity index (χ2n) is 4.92. The molecule has 2 rings (SSSR count). The third-order valence-electron chi connectivity index (χ3n) is 3.26. The van der Waals surface area contributed by atoms with Gasteiger partial charge in [-0.3, -0.25) is 0 Å². The Morgan fingerprint density at radius 2 is 2.16 bits per heavy atom. The van der Waals surface area contributed by atoms with Gasteiger partial charge in [0.2, 0.25) is 0 Å². The van der Waals surface area contributed by atoms with E-state index < -0.39 is 0 Å². The van der Waals surface area contributed by atoms with Crippen molar-refractivity contribution < 1.29 is 0 Å². The van der Waals surface area contributed by atoms with E-state index in [1.54, 1.807) is 11.3 Å². The zero-order valence-corrected chi connectivity index (χ0v) is 13.7. The molecule has 2 unspecified atom stereocenters. The van der Waals surface area contributed by atoms with E-state index in [9.17, 15) is 0 Å². The number of thiophene rings is 1. The lowest BCUT2D eigenvalue weighted by Crippen LogP contribution is -2.24. The van der Waals surface area contributed by atoms with Gasteiger partial charge in [0.15, 0.2) is 0 Å². The Morgan fingerprint density at radius 1 is 1.37 bits per heavy atom. The van der Waals surface area contributed by atoms with Gasteiger partial charge in [-0.15, -0.1) is 22.7 Å². The number of aromatic nitrogens is 1. The molecule has 2 aromatic rings. The van der Waals surface area contributed by atoms with E-state index in [1.165, 1.54) is 28.3 Å². The topological polar surface area (TPSA) is 24.9 Å². The van der Waals surface area contributed by atoms with Crippen molar-refractivity contribution in [3.63, 3.8) is 0 Å². The molecule has 0 amide bonds. The van der Waals surface area contributed by atoms with E-state index in [0.717, 1.165) is 5.01 Å². The fourth-order valence-corrected chi connectivity index (χ4v) is 4.15. The van der Waals surface area contributed by atoms with Crippen molar-refractivity contribution in [3.8, 4) is 0 Å². The average molecular weight is 294 g/mol. The van der Waals surface area contributed by atoms with Crippen LogP contribution >= 0.6 is 22.7 Å². The van der Waals surface area contributed by atoms with Gasteiger partial charge < -0.3 is 5.32 Å². The second kappa shape index (κ2) is 6.64. The lowest BCUT2D eigenvalue weighted by Gasteiger charge is -2.21. The first kappa shape index (κ1) is 14.7. The molecule has 0 fully saturated rings. The van der Waals surface area contributed by atoms with Gasteiger partial charge in [0.05, 0.1) is 10.7 Å². The van der Waals surface area contributed by atoms with Crippen molar-refractivity contribution in [1.82, 2.24) is 10.3 Å². The van der Waals surface area contributed by atoms with Crippen LogP contribution in [0.25, 0.3) is 0 Å². The highest BCUT2D eigenvalue weighted by Gasteiger charge is 2.18. The molecule has 0 saturated carbocycles.